The Hall–Kier alpha value is -2.83. The van der Waals surface area contributed by atoms with Gasteiger partial charge in [-0.3, -0.25) is 4.79 Å². The van der Waals surface area contributed by atoms with Crippen LogP contribution >= 0.6 is 0 Å². The average Bonchev–Trinajstić information content (AvgIpc) is 2.91. The Bertz CT molecular complexity index is 761. The monoisotopic (exact) mass is 256 g/mol. The number of aromatic amines is 2. The van der Waals surface area contributed by atoms with Crippen molar-refractivity contribution in [2.24, 2.45) is 0 Å². The number of anilines is 2. The molecule has 7 nitrogen and oxygen atoms in total. The minimum atomic E-state index is -0.197. The summed E-state index contributed by atoms with van der Waals surface area (Å²) in [5.74, 6) is 0. The van der Waals surface area contributed by atoms with Crippen LogP contribution < -0.4 is 16.6 Å². The van der Waals surface area contributed by atoms with Crippen molar-refractivity contribution in [2.45, 2.75) is 6.54 Å². The lowest BCUT2D eigenvalue weighted by Crippen LogP contribution is -2.08. The van der Waals surface area contributed by atoms with E-state index in [1.807, 2.05) is 0 Å². The lowest BCUT2D eigenvalue weighted by Gasteiger charge is -2.09. The fourth-order valence-corrected chi connectivity index (χ4v) is 1.86. The zero-order chi connectivity index (χ0) is 13.2. The quantitative estimate of drug-likeness (QED) is 0.519. The van der Waals surface area contributed by atoms with Crippen LogP contribution in [0.2, 0.25) is 0 Å². The molecule has 19 heavy (non-hydrogen) atoms. The number of fused-ring (bicyclic) bond motifs is 1. The molecule has 0 aliphatic rings. The van der Waals surface area contributed by atoms with E-state index < -0.39 is 0 Å². The molecule has 2 heterocycles. The second-order valence-electron chi connectivity index (χ2n) is 4.12. The summed E-state index contributed by atoms with van der Waals surface area (Å²) in [5, 5.41) is 3.66. The summed E-state index contributed by atoms with van der Waals surface area (Å²) in [6.45, 7) is 0.568. The highest BCUT2D eigenvalue weighted by Crippen LogP contribution is 2.23. The first-order valence-corrected chi connectivity index (χ1v) is 5.72. The minimum absolute atomic E-state index is 0.197. The van der Waals surface area contributed by atoms with Gasteiger partial charge < -0.3 is 21.0 Å². The first kappa shape index (κ1) is 11.3. The molecule has 0 aliphatic heterocycles. The van der Waals surface area contributed by atoms with E-state index in [1.54, 1.807) is 24.7 Å². The highest BCUT2D eigenvalue weighted by Gasteiger charge is 2.06. The number of aromatic nitrogens is 4. The van der Waals surface area contributed by atoms with Crippen LogP contribution in [0.3, 0.4) is 0 Å². The van der Waals surface area contributed by atoms with E-state index in [4.69, 9.17) is 5.73 Å². The lowest BCUT2D eigenvalue weighted by atomic mass is 10.2. The third-order valence-corrected chi connectivity index (χ3v) is 2.84. The molecule has 96 valence electrons. The molecule has 0 amide bonds. The smallest absolute Gasteiger partial charge is 0.258 e. The molecule has 1 aromatic carbocycles. The van der Waals surface area contributed by atoms with Crippen molar-refractivity contribution in [1.29, 1.82) is 0 Å². The van der Waals surface area contributed by atoms with Gasteiger partial charge in [0.05, 0.1) is 47.2 Å². The van der Waals surface area contributed by atoms with Gasteiger partial charge in [-0.25, -0.2) is 9.97 Å². The molecule has 3 rings (SSSR count). The van der Waals surface area contributed by atoms with E-state index in [0.29, 0.717) is 23.1 Å². The summed E-state index contributed by atoms with van der Waals surface area (Å²) in [7, 11) is 0. The summed E-state index contributed by atoms with van der Waals surface area (Å²) in [4.78, 5) is 25.2. The maximum Gasteiger partial charge on any atom is 0.258 e. The Morgan fingerprint density at radius 3 is 2.95 bits per heavy atom. The fourth-order valence-electron chi connectivity index (χ4n) is 1.86. The molecule has 3 aromatic rings. The fraction of sp³-hybridized carbons (Fsp3) is 0.0833. The van der Waals surface area contributed by atoms with Crippen LogP contribution in [0.1, 0.15) is 5.69 Å². The van der Waals surface area contributed by atoms with Gasteiger partial charge in [0.1, 0.15) is 0 Å². The van der Waals surface area contributed by atoms with Gasteiger partial charge >= 0.3 is 0 Å². The van der Waals surface area contributed by atoms with Gasteiger partial charge in [0.2, 0.25) is 0 Å². The number of nitrogens with two attached hydrogens (primary N) is 1. The molecule has 7 heteroatoms. The third kappa shape index (κ3) is 2.13. The van der Waals surface area contributed by atoms with Crippen LogP contribution in [-0.4, -0.2) is 19.9 Å². The van der Waals surface area contributed by atoms with E-state index in [9.17, 15) is 4.79 Å². The van der Waals surface area contributed by atoms with Crippen molar-refractivity contribution in [3.63, 3.8) is 0 Å². The van der Waals surface area contributed by atoms with Crippen molar-refractivity contribution >= 4 is 22.3 Å². The van der Waals surface area contributed by atoms with Gasteiger partial charge in [0, 0.05) is 6.20 Å². The maximum atomic E-state index is 11.6. The average molecular weight is 256 g/mol. The molecule has 0 fully saturated rings. The molecule has 0 radical (unpaired) electrons. The SMILES string of the molecule is Nc1cc2c(=O)[nH]cnc2cc1NCc1cnc[nH]1. The largest absolute Gasteiger partial charge is 0.397 e. The van der Waals surface area contributed by atoms with E-state index in [-0.39, 0.29) is 5.56 Å². The molecule has 0 spiro atoms. The lowest BCUT2D eigenvalue weighted by molar-refractivity contribution is 1.07. The topological polar surface area (TPSA) is 112 Å². The molecule has 2 aromatic heterocycles. The van der Waals surface area contributed by atoms with Gasteiger partial charge in [0.25, 0.3) is 5.56 Å². The number of imidazole rings is 1. The Balaban J connectivity index is 1.95. The molecule has 0 saturated carbocycles. The van der Waals surface area contributed by atoms with Gasteiger partial charge in [-0.05, 0) is 12.1 Å². The number of H-pyrrole nitrogens is 2. The number of rotatable bonds is 3. The maximum absolute atomic E-state index is 11.6. The van der Waals surface area contributed by atoms with Crippen molar-refractivity contribution in [3.8, 4) is 0 Å². The molecule has 0 aliphatic carbocycles. The van der Waals surface area contributed by atoms with Crippen molar-refractivity contribution < 1.29 is 0 Å². The van der Waals surface area contributed by atoms with Crippen LogP contribution in [-0.2, 0) is 6.54 Å². The number of nitrogen functional groups attached to an aromatic ring is 1. The molecular formula is C12H12N6O. The van der Waals surface area contributed by atoms with Crippen LogP contribution in [0.25, 0.3) is 10.9 Å². The minimum Gasteiger partial charge on any atom is -0.397 e. The summed E-state index contributed by atoms with van der Waals surface area (Å²) in [6, 6.07) is 3.38. The number of hydrogen-bond acceptors (Lipinski definition) is 5. The van der Waals surface area contributed by atoms with Gasteiger partial charge in [0.15, 0.2) is 0 Å². The highest BCUT2D eigenvalue weighted by molar-refractivity contribution is 5.88. The van der Waals surface area contributed by atoms with Crippen molar-refractivity contribution in [1.82, 2.24) is 19.9 Å². The Morgan fingerprint density at radius 2 is 2.16 bits per heavy atom. The first-order chi connectivity index (χ1) is 9.24. The summed E-state index contributed by atoms with van der Waals surface area (Å²) < 4.78 is 0. The predicted molar refractivity (Wildman–Crippen MR) is 72.7 cm³/mol. The first-order valence-electron chi connectivity index (χ1n) is 5.72. The normalized spacial score (nSPS) is 10.7. The van der Waals surface area contributed by atoms with E-state index in [0.717, 1.165) is 11.4 Å². The van der Waals surface area contributed by atoms with Crippen LogP contribution in [0.5, 0.6) is 0 Å². The van der Waals surface area contributed by atoms with Gasteiger partial charge in [-0.1, -0.05) is 0 Å². The molecule has 5 N–H and O–H groups in total. The Labute approximate surface area is 107 Å². The second-order valence-corrected chi connectivity index (χ2v) is 4.12. The third-order valence-electron chi connectivity index (χ3n) is 2.84. The number of nitrogens with zero attached hydrogens (tertiary/aromatic N) is 2. The number of nitrogens with one attached hydrogen (secondary N) is 3. The van der Waals surface area contributed by atoms with Crippen LogP contribution in [0, 0.1) is 0 Å². The summed E-state index contributed by atoms with van der Waals surface area (Å²) in [5.41, 5.74) is 8.51. The van der Waals surface area contributed by atoms with Crippen LogP contribution in [0.15, 0.2) is 35.8 Å². The van der Waals surface area contributed by atoms with Gasteiger partial charge in [-0.2, -0.15) is 0 Å². The molecule has 0 bridgehead atoms. The summed E-state index contributed by atoms with van der Waals surface area (Å²) >= 11 is 0. The number of benzene rings is 1. The molecular weight excluding hydrogens is 244 g/mol. The molecule has 0 atom stereocenters. The number of hydrogen-bond donors (Lipinski definition) is 4. The van der Waals surface area contributed by atoms with E-state index in [1.165, 1.54) is 6.33 Å². The van der Waals surface area contributed by atoms with E-state index in [2.05, 4.69) is 25.3 Å². The van der Waals surface area contributed by atoms with Crippen LogP contribution in [0.4, 0.5) is 11.4 Å². The predicted octanol–water partition coefficient (Wildman–Crippen LogP) is 0.841. The van der Waals surface area contributed by atoms with Crippen molar-refractivity contribution in [2.75, 3.05) is 11.1 Å². The molecule has 0 saturated heterocycles. The standard InChI is InChI=1S/C12H12N6O/c13-9-1-8-10(17-6-18-12(8)19)2-11(9)15-4-7-3-14-5-16-7/h1-3,5-6,15H,4,13H2,(H,14,16)(H,17,18,19). The zero-order valence-corrected chi connectivity index (χ0v) is 9.97. The molecule has 0 unspecified atom stereocenters. The summed E-state index contributed by atoms with van der Waals surface area (Å²) in [6.07, 6.45) is 4.72. The Kier molecular flexibility index (Phi) is 2.64. The second kappa shape index (κ2) is 4.45. The highest BCUT2D eigenvalue weighted by atomic mass is 16.1. The zero-order valence-electron chi connectivity index (χ0n) is 9.97. The van der Waals surface area contributed by atoms with Gasteiger partial charge in [-0.15, -0.1) is 0 Å². The van der Waals surface area contributed by atoms with E-state index >= 15 is 0 Å². The van der Waals surface area contributed by atoms with Crippen molar-refractivity contribution in [3.05, 3.63) is 47.0 Å². The Morgan fingerprint density at radius 1 is 1.26 bits per heavy atom.